The van der Waals surface area contributed by atoms with Gasteiger partial charge in [0.15, 0.2) is 18.1 Å². The van der Waals surface area contributed by atoms with E-state index in [9.17, 15) is 9.59 Å². The van der Waals surface area contributed by atoms with Crippen molar-refractivity contribution in [3.63, 3.8) is 0 Å². The first-order valence-corrected chi connectivity index (χ1v) is 12.9. The van der Waals surface area contributed by atoms with Crippen LogP contribution in [0.4, 0.5) is 0 Å². The van der Waals surface area contributed by atoms with Gasteiger partial charge >= 0.3 is 0 Å². The van der Waals surface area contributed by atoms with Gasteiger partial charge in [-0.2, -0.15) is 0 Å². The van der Waals surface area contributed by atoms with Gasteiger partial charge in [-0.15, -0.1) is 0 Å². The van der Waals surface area contributed by atoms with Gasteiger partial charge in [-0.3, -0.25) is 9.59 Å². The van der Waals surface area contributed by atoms with E-state index in [0.717, 1.165) is 11.1 Å². The number of benzene rings is 4. The molecule has 0 radical (unpaired) electrons. The fourth-order valence-electron chi connectivity index (χ4n) is 4.30. The van der Waals surface area contributed by atoms with Gasteiger partial charge in [-0.05, 0) is 53.1 Å². The third-order valence-corrected chi connectivity index (χ3v) is 6.52. The highest BCUT2D eigenvalue weighted by molar-refractivity contribution is 6.30. The molecule has 1 aliphatic heterocycles. The Hall–Kier alpha value is -4.49. The average molecular weight is 543 g/mol. The molecule has 0 bridgehead atoms. The molecule has 4 aromatic rings. The lowest BCUT2D eigenvalue weighted by Gasteiger charge is -2.31. The van der Waals surface area contributed by atoms with Crippen LogP contribution in [0.2, 0.25) is 5.02 Å². The molecule has 0 saturated heterocycles. The molecule has 0 aromatic heterocycles. The molecule has 8 heteroatoms. The topological polar surface area (TPSA) is 77.1 Å². The molecule has 1 unspecified atom stereocenters. The molecule has 4 aromatic carbocycles. The monoisotopic (exact) mass is 542 g/mol. The van der Waals surface area contributed by atoms with Crippen LogP contribution in [0, 0.1) is 0 Å². The number of para-hydroxylation sites is 1. The zero-order valence-corrected chi connectivity index (χ0v) is 21.8. The highest BCUT2D eigenvalue weighted by atomic mass is 35.5. The second-order valence-electron chi connectivity index (χ2n) is 8.97. The van der Waals surface area contributed by atoms with E-state index in [-0.39, 0.29) is 38.3 Å². The number of halogens is 1. The maximum atomic E-state index is 13.8. The molecule has 198 valence electrons. The SMILES string of the molecule is O=C(NCc1ccc2c(c1)OCO2)C(c1ccccc1)N(Cc1ccc(Cl)cc1)C(=O)COc1ccccc1. The van der Waals surface area contributed by atoms with Gasteiger partial charge in [0, 0.05) is 18.1 Å². The predicted octanol–water partition coefficient (Wildman–Crippen LogP) is 5.53. The van der Waals surface area contributed by atoms with Crippen molar-refractivity contribution in [2.45, 2.75) is 19.1 Å². The van der Waals surface area contributed by atoms with Gasteiger partial charge in [0.25, 0.3) is 5.91 Å². The summed E-state index contributed by atoms with van der Waals surface area (Å²) in [5, 5.41) is 3.59. The van der Waals surface area contributed by atoms with E-state index in [1.165, 1.54) is 4.90 Å². The molecule has 1 heterocycles. The van der Waals surface area contributed by atoms with Crippen LogP contribution in [-0.4, -0.2) is 30.1 Å². The molecule has 7 nitrogen and oxygen atoms in total. The summed E-state index contributed by atoms with van der Waals surface area (Å²) in [5.41, 5.74) is 2.36. The summed E-state index contributed by atoms with van der Waals surface area (Å²) in [6.07, 6.45) is 0. The van der Waals surface area contributed by atoms with E-state index < -0.39 is 6.04 Å². The Morgan fingerprint density at radius 3 is 2.26 bits per heavy atom. The zero-order chi connectivity index (χ0) is 27.0. The Kier molecular flexibility index (Phi) is 8.29. The summed E-state index contributed by atoms with van der Waals surface area (Å²) in [5.74, 6) is 1.23. The maximum Gasteiger partial charge on any atom is 0.261 e. The maximum absolute atomic E-state index is 13.8. The number of amides is 2. The molecule has 39 heavy (non-hydrogen) atoms. The fraction of sp³-hybridized carbons (Fsp3) is 0.161. The summed E-state index contributed by atoms with van der Waals surface area (Å²) in [7, 11) is 0. The molecular weight excluding hydrogens is 516 g/mol. The van der Waals surface area contributed by atoms with Crippen molar-refractivity contribution >= 4 is 23.4 Å². The van der Waals surface area contributed by atoms with Gasteiger partial charge in [0.1, 0.15) is 11.8 Å². The van der Waals surface area contributed by atoms with Crippen LogP contribution in [-0.2, 0) is 22.7 Å². The van der Waals surface area contributed by atoms with Crippen LogP contribution in [0.5, 0.6) is 17.2 Å². The van der Waals surface area contributed by atoms with Crippen molar-refractivity contribution in [1.29, 1.82) is 0 Å². The summed E-state index contributed by atoms with van der Waals surface area (Å²) >= 11 is 6.09. The van der Waals surface area contributed by atoms with Crippen LogP contribution in [0.25, 0.3) is 0 Å². The van der Waals surface area contributed by atoms with Crippen molar-refractivity contribution in [1.82, 2.24) is 10.2 Å². The normalized spacial score (nSPS) is 12.4. The van der Waals surface area contributed by atoms with Crippen molar-refractivity contribution in [3.05, 3.63) is 125 Å². The van der Waals surface area contributed by atoms with Crippen molar-refractivity contribution in [2.24, 2.45) is 0 Å². The summed E-state index contributed by atoms with van der Waals surface area (Å²) in [4.78, 5) is 29.0. The number of hydrogen-bond donors (Lipinski definition) is 1. The van der Waals surface area contributed by atoms with E-state index in [0.29, 0.717) is 27.8 Å². The Bertz CT molecular complexity index is 1410. The molecule has 1 N–H and O–H groups in total. The number of carbonyl (C=O) groups excluding carboxylic acids is 2. The lowest BCUT2D eigenvalue weighted by Crippen LogP contribution is -2.45. The van der Waals surface area contributed by atoms with E-state index in [1.54, 1.807) is 24.3 Å². The Balaban J connectivity index is 1.41. The lowest BCUT2D eigenvalue weighted by molar-refractivity contribution is -0.143. The number of rotatable bonds is 10. The highest BCUT2D eigenvalue weighted by Gasteiger charge is 2.32. The molecular formula is C31H27ClN2O5. The Morgan fingerprint density at radius 2 is 1.51 bits per heavy atom. The zero-order valence-electron chi connectivity index (χ0n) is 21.1. The number of nitrogens with one attached hydrogen (secondary N) is 1. The molecule has 1 atom stereocenters. The second-order valence-corrected chi connectivity index (χ2v) is 9.40. The largest absolute Gasteiger partial charge is 0.484 e. The Morgan fingerprint density at radius 1 is 0.846 bits per heavy atom. The second kappa shape index (κ2) is 12.4. The summed E-state index contributed by atoms with van der Waals surface area (Å²) in [6, 6.07) is 30.2. The molecule has 0 saturated carbocycles. The number of nitrogens with zero attached hydrogens (tertiary/aromatic N) is 1. The minimum Gasteiger partial charge on any atom is -0.484 e. The highest BCUT2D eigenvalue weighted by Crippen LogP contribution is 2.32. The minimum atomic E-state index is -0.900. The van der Waals surface area contributed by atoms with E-state index in [1.807, 2.05) is 78.9 Å². The third kappa shape index (κ3) is 6.69. The smallest absolute Gasteiger partial charge is 0.261 e. The third-order valence-electron chi connectivity index (χ3n) is 6.27. The van der Waals surface area contributed by atoms with Crippen LogP contribution in [0.15, 0.2) is 103 Å². The molecule has 2 amide bonds. The van der Waals surface area contributed by atoms with Crippen molar-refractivity contribution in [2.75, 3.05) is 13.4 Å². The fourth-order valence-corrected chi connectivity index (χ4v) is 4.43. The quantitative estimate of drug-likeness (QED) is 0.285. The van der Waals surface area contributed by atoms with Gasteiger partial charge in [-0.1, -0.05) is 78.3 Å². The first-order valence-electron chi connectivity index (χ1n) is 12.5. The molecule has 0 spiro atoms. The van der Waals surface area contributed by atoms with E-state index >= 15 is 0 Å². The number of ether oxygens (including phenoxy) is 3. The first-order chi connectivity index (χ1) is 19.1. The molecule has 5 rings (SSSR count). The molecule has 0 aliphatic carbocycles. The first kappa shape index (κ1) is 26.1. The van der Waals surface area contributed by atoms with E-state index in [2.05, 4.69) is 5.32 Å². The van der Waals surface area contributed by atoms with E-state index in [4.69, 9.17) is 25.8 Å². The average Bonchev–Trinajstić information content (AvgIpc) is 3.45. The number of fused-ring (bicyclic) bond motifs is 1. The van der Waals surface area contributed by atoms with Gasteiger partial charge in [0.05, 0.1) is 0 Å². The molecule has 0 fully saturated rings. The summed E-state index contributed by atoms with van der Waals surface area (Å²) < 4.78 is 16.6. The van der Waals surface area contributed by atoms with Crippen LogP contribution < -0.4 is 19.5 Å². The Labute approximate surface area is 231 Å². The van der Waals surface area contributed by atoms with Gasteiger partial charge in [0.2, 0.25) is 12.7 Å². The van der Waals surface area contributed by atoms with Crippen LogP contribution in [0.3, 0.4) is 0 Å². The van der Waals surface area contributed by atoms with Gasteiger partial charge < -0.3 is 24.4 Å². The van der Waals surface area contributed by atoms with Crippen LogP contribution >= 0.6 is 11.6 Å². The summed E-state index contributed by atoms with van der Waals surface area (Å²) in [6.45, 7) is 0.387. The standard InChI is InChI=1S/C31H27ClN2O5/c32-25-14-11-22(12-15-25)19-34(29(35)20-37-26-9-5-2-6-10-26)30(24-7-3-1-4-8-24)31(36)33-18-23-13-16-27-28(17-23)39-21-38-27/h1-17,30H,18-21H2,(H,33,36). The predicted molar refractivity (Wildman–Crippen MR) is 148 cm³/mol. The number of carbonyl (C=O) groups is 2. The van der Waals surface area contributed by atoms with Crippen molar-refractivity contribution < 1.29 is 23.8 Å². The lowest BCUT2D eigenvalue weighted by atomic mass is 10.0. The minimum absolute atomic E-state index is 0.175. The van der Waals surface area contributed by atoms with Crippen molar-refractivity contribution in [3.8, 4) is 17.2 Å². The molecule has 1 aliphatic rings. The van der Waals surface area contributed by atoms with Crippen LogP contribution in [0.1, 0.15) is 22.7 Å². The van der Waals surface area contributed by atoms with Gasteiger partial charge in [-0.25, -0.2) is 0 Å². The number of hydrogen-bond acceptors (Lipinski definition) is 5.